The van der Waals surface area contributed by atoms with Crippen LogP contribution in [0.4, 0.5) is 13.2 Å². The smallest absolute Gasteiger partial charge is 0.395 e. The van der Waals surface area contributed by atoms with Crippen molar-refractivity contribution in [3.63, 3.8) is 0 Å². The Morgan fingerprint density at radius 3 is 2.44 bits per heavy atom. The van der Waals surface area contributed by atoms with E-state index in [9.17, 15) is 18.0 Å². The van der Waals surface area contributed by atoms with Gasteiger partial charge in [-0.3, -0.25) is 4.79 Å². The van der Waals surface area contributed by atoms with E-state index in [1.165, 1.54) is 24.3 Å². The lowest BCUT2D eigenvalue weighted by molar-refractivity contribution is -0.147. The Bertz CT molecular complexity index is 385. The summed E-state index contributed by atoms with van der Waals surface area (Å²) in [5.41, 5.74) is 0.234. The Morgan fingerprint density at radius 2 is 1.94 bits per heavy atom. The number of benzene rings is 1. The van der Waals surface area contributed by atoms with Crippen LogP contribution in [0.1, 0.15) is 24.0 Å². The predicted molar refractivity (Wildman–Crippen MR) is 52.3 cm³/mol. The molecular weight excluding hydrogens is 221 g/mol. The van der Waals surface area contributed by atoms with E-state index in [2.05, 4.69) is 0 Å². The van der Waals surface area contributed by atoms with E-state index in [1.54, 1.807) is 0 Å². The lowest BCUT2D eigenvalue weighted by Gasteiger charge is -2.18. The van der Waals surface area contributed by atoms with Crippen LogP contribution in [0.3, 0.4) is 0 Å². The van der Waals surface area contributed by atoms with Crippen LogP contribution in [0, 0.1) is 0 Å². The third kappa shape index (κ3) is 2.98. The van der Waals surface area contributed by atoms with E-state index in [4.69, 9.17) is 5.11 Å². The minimum atomic E-state index is -4.35. The van der Waals surface area contributed by atoms with E-state index in [-0.39, 0.29) is 11.1 Å². The fourth-order valence-electron chi connectivity index (χ4n) is 1.46. The third-order valence-electron chi connectivity index (χ3n) is 2.35. The molecule has 5 heteroatoms. The van der Waals surface area contributed by atoms with Crippen molar-refractivity contribution in [2.45, 2.75) is 25.4 Å². The van der Waals surface area contributed by atoms with Gasteiger partial charge in [-0.05, 0) is 18.1 Å². The molecule has 0 aromatic heterocycles. The second kappa shape index (κ2) is 4.55. The molecule has 0 heterocycles. The molecule has 0 fully saturated rings. The molecule has 2 nitrogen and oxygen atoms in total. The molecule has 1 aromatic rings. The van der Waals surface area contributed by atoms with Gasteiger partial charge in [-0.1, -0.05) is 24.3 Å². The van der Waals surface area contributed by atoms with Gasteiger partial charge in [-0.25, -0.2) is 0 Å². The van der Waals surface area contributed by atoms with Gasteiger partial charge in [0.2, 0.25) is 0 Å². The van der Waals surface area contributed by atoms with Gasteiger partial charge >= 0.3 is 12.1 Å². The molecule has 1 aromatic carbocycles. The summed E-state index contributed by atoms with van der Waals surface area (Å²) >= 11 is 0. The summed E-state index contributed by atoms with van der Waals surface area (Å²) < 4.78 is 37.5. The molecule has 0 saturated carbocycles. The van der Waals surface area contributed by atoms with E-state index >= 15 is 0 Å². The van der Waals surface area contributed by atoms with E-state index < -0.39 is 24.5 Å². The molecular formula is C11H11F3O2. The van der Waals surface area contributed by atoms with Crippen molar-refractivity contribution >= 4 is 5.97 Å². The van der Waals surface area contributed by atoms with Crippen LogP contribution in [-0.4, -0.2) is 17.3 Å². The first kappa shape index (κ1) is 12.5. The molecule has 88 valence electrons. The third-order valence-corrected chi connectivity index (χ3v) is 2.35. The maximum atomic E-state index is 12.5. The van der Waals surface area contributed by atoms with Crippen molar-refractivity contribution in [2.24, 2.45) is 0 Å². The predicted octanol–water partition coefficient (Wildman–Crippen LogP) is 2.98. The zero-order valence-electron chi connectivity index (χ0n) is 8.58. The summed E-state index contributed by atoms with van der Waals surface area (Å²) in [7, 11) is 0. The van der Waals surface area contributed by atoms with Crippen LogP contribution < -0.4 is 0 Å². The number of carboxylic acid groups (broad SMARTS) is 1. The van der Waals surface area contributed by atoms with Crippen molar-refractivity contribution in [1.29, 1.82) is 0 Å². The van der Waals surface area contributed by atoms with Crippen LogP contribution >= 0.6 is 0 Å². The number of aliphatic carboxylic acids is 1. The Labute approximate surface area is 90.7 Å². The fraction of sp³-hybridized carbons (Fsp3) is 0.364. The second-order valence-corrected chi connectivity index (χ2v) is 3.53. The number of halogens is 3. The van der Waals surface area contributed by atoms with Crippen molar-refractivity contribution in [2.75, 3.05) is 0 Å². The van der Waals surface area contributed by atoms with Crippen LogP contribution in [0.15, 0.2) is 24.3 Å². The molecule has 1 N–H and O–H groups in total. The maximum absolute atomic E-state index is 12.5. The highest BCUT2D eigenvalue weighted by molar-refractivity contribution is 5.70. The highest BCUT2D eigenvalue weighted by Crippen LogP contribution is 2.35. The molecule has 1 rings (SSSR count). The highest BCUT2D eigenvalue weighted by atomic mass is 19.4. The first-order valence-corrected chi connectivity index (χ1v) is 4.68. The SMILES string of the molecule is CC(c1ccccc1CC(=O)O)C(F)(F)F. The quantitative estimate of drug-likeness (QED) is 0.869. The number of rotatable bonds is 3. The lowest BCUT2D eigenvalue weighted by atomic mass is 9.93. The van der Waals surface area contributed by atoms with Crippen molar-refractivity contribution in [1.82, 2.24) is 0 Å². The average molecular weight is 232 g/mol. The summed E-state index contributed by atoms with van der Waals surface area (Å²) in [5.74, 6) is -2.79. The van der Waals surface area contributed by atoms with Crippen LogP contribution in [0.5, 0.6) is 0 Å². The normalized spacial score (nSPS) is 13.5. The van der Waals surface area contributed by atoms with Gasteiger partial charge in [0.15, 0.2) is 0 Å². The number of alkyl halides is 3. The molecule has 0 aliphatic heterocycles. The van der Waals surface area contributed by atoms with Gasteiger partial charge in [0.1, 0.15) is 0 Å². The van der Waals surface area contributed by atoms with Gasteiger partial charge in [-0.15, -0.1) is 0 Å². The topological polar surface area (TPSA) is 37.3 Å². The summed E-state index contributed by atoms with van der Waals surface area (Å²) in [4.78, 5) is 10.5. The molecule has 0 saturated heterocycles. The zero-order chi connectivity index (χ0) is 12.3. The fourth-order valence-corrected chi connectivity index (χ4v) is 1.46. The summed E-state index contributed by atoms with van der Waals surface area (Å²) in [6.45, 7) is 1.03. The molecule has 16 heavy (non-hydrogen) atoms. The van der Waals surface area contributed by atoms with Crippen LogP contribution in [0.2, 0.25) is 0 Å². The molecule has 0 spiro atoms. The summed E-state index contributed by atoms with van der Waals surface area (Å²) in [6.07, 6.45) is -4.74. The largest absolute Gasteiger partial charge is 0.481 e. The van der Waals surface area contributed by atoms with Crippen LogP contribution in [-0.2, 0) is 11.2 Å². The number of hydrogen-bond acceptors (Lipinski definition) is 1. The Balaban J connectivity index is 3.08. The average Bonchev–Trinajstić information content (AvgIpc) is 2.15. The Morgan fingerprint density at radius 1 is 1.38 bits per heavy atom. The minimum Gasteiger partial charge on any atom is -0.481 e. The molecule has 1 atom stereocenters. The van der Waals surface area contributed by atoms with E-state index in [0.29, 0.717) is 0 Å². The van der Waals surface area contributed by atoms with Crippen molar-refractivity contribution in [3.8, 4) is 0 Å². The number of carbonyl (C=O) groups is 1. The van der Waals surface area contributed by atoms with E-state index in [1.807, 2.05) is 0 Å². The first-order valence-electron chi connectivity index (χ1n) is 4.68. The van der Waals surface area contributed by atoms with E-state index in [0.717, 1.165) is 6.92 Å². The standard InChI is InChI=1S/C11H11F3O2/c1-7(11(12,13)14)9-5-3-2-4-8(9)6-10(15)16/h2-5,7H,6H2,1H3,(H,15,16). The molecule has 0 radical (unpaired) electrons. The minimum absolute atomic E-state index is 0.0254. The summed E-state index contributed by atoms with van der Waals surface area (Å²) in [5, 5.41) is 8.59. The molecule has 1 unspecified atom stereocenters. The van der Waals surface area contributed by atoms with Crippen LogP contribution in [0.25, 0.3) is 0 Å². The molecule has 0 amide bonds. The molecule has 0 aliphatic carbocycles. The summed E-state index contributed by atoms with van der Waals surface area (Å²) in [6, 6.07) is 5.73. The Hall–Kier alpha value is -1.52. The van der Waals surface area contributed by atoms with Gasteiger partial charge < -0.3 is 5.11 Å². The maximum Gasteiger partial charge on any atom is 0.395 e. The lowest BCUT2D eigenvalue weighted by Crippen LogP contribution is -2.19. The number of hydrogen-bond donors (Lipinski definition) is 1. The van der Waals surface area contributed by atoms with Crippen molar-refractivity contribution < 1.29 is 23.1 Å². The van der Waals surface area contributed by atoms with Gasteiger partial charge in [-0.2, -0.15) is 13.2 Å². The van der Waals surface area contributed by atoms with Gasteiger partial charge in [0, 0.05) is 0 Å². The first-order chi connectivity index (χ1) is 7.32. The van der Waals surface area contributed by atoms with Gasteiger partial charge in [0.25, 0.3) is 0 Å². The second-order valence-electron chi connectivity index (χ2n) is 3.53. The zero-order valence-corrected chi connectivity index (χ0v) is 8.58. The number of carboxylic acids is 1. The highest BCUT2D eigenvalue weighted by Gasteiger charge is 2.38. The molecule has 0 aliphatic rings. The Kier molecular flexibility index (Phi) is 3.57. The van der Waals surface area contributed by atoms with Gasteiger partial charge in [0.05, 0.1) is 12.3 Å². The monoisotopic (exact) mass is 232 g/mol. The van der Waals surface area contributed by atoms with Crippen molar-refractivity contribution in [3.05, 3.63) is 35.4 Å². The molecule has 0 bridgehead atoms.